The van der Waals surface area contributed by atoms with Gasteiger partial charge in [0.2, 0.25) is 0 Å². The molecule has 188 valence electrons. The zero-order chi connectivity index (χ0) is 25.8. The van der Waals surface area contributed by atoms with Crippen molar-refractivity contribution in [1.29, 1.82) is 0 Å². The Morgan fingerprint density at radius 2 is 1.19 bits per heavy atom. The van der Waals surface area contributed by atoms with Crippen LogP contribution in [0.15, 0.2) is 72.8 Å². The van der Waals surface area contributed by atoms with E-state index in [0.29, 0.717) is 23.5 Å². The predicted octanol–water partition coefficient (Wildman–Crippen LogP) is 7.53. The van der Waals surface area contributed by atoms with E-state index < -0.39 is 10.9 Å². The van der Waals surface area contributed by atoms with Gasteiger partial charge in [-0.2, -0.15) is 0 Å². The number of hydrogen-bond donors (Lipinski definition) is 0. The summed E-state index contributed by atoms with van der Waals surface area (Å²) in [5, 5.41) is 10.8. The van der Waals surface area contributed by atoms with E-state index in [9.17, 15) is 19.7 Å². The van der Waals surface area contributed by atoms with Crippen molar-refractivity contribution in [3.8, 4) is 22.6 Å². The molecule has 3 aromatic carbocycles. The number of ether oxygens (including phenoxy) is 2. The summed E-state index contributed by atoms with van der Waals surface area (Å²) >= 11 is 0. The van der Waals surface area contributed by atoms with E-state index >= 15 is 0 Å². The molecule has 0 aliphatic carbocycles. The quantitative estimate of drug-likeness (QED) is 0.0809. The minimum atomic E-state index is -0.529. The molecule has 0 heterocycles. The summed E-state index contributed by atoms with van der Waals surface area (Å²) in [4.78, 5) is 34.9. The van der Waals surface area contributed by atoms with E-state index in [4.69, 9.17) is 9.47 Å². The van der Waals surface area contributed by atoms with Crippen molar-refractivity contribution < 1.29 is 24.0 Å². The third kappa shape index (κ3) is 8.34. The maximum atomic E-state index is 12.5. The molecule has 0 fully saturated rings. The highest BCUT2D eigenvalue weighted by molar-refractivity contribution is 5.91. The van der Waals surface area contributed by atoms with Crippen molar-refractivity contribution in [2.75, 3.05) is 0 Å². The lowest BCUT2D eigenvalue weighted by atomic mass is 10.1. The molecule has 3 rings (SSSR count). The van der Waals surface area contributed by atoms with Crippen molar-refractivity contribution in [2.45, 2.75) is 58.3 Å². The third-order valence-corrected chi connectivity index (χ3v) is 5.78. The molecule has 0 bridgehead atoms. The molecule has 7 nitrogen and oxygen atoms in total. The van der Waals surface area contributed by atoms with Crippen LogP contribution in [0.3, 0.4) is 0 Å². The highest BCUT2D eigenvalue weighted by Gasteiger charge is 2.11. The van der Waals surface area contributed by atoms with Gasteiger partial charge in [0, 0.05) is 18.6 Å². The van der Waals surface area contributed by atoms with Crippen molar-refractivity contribution in [3.05, 3.63) is 88.5 Å². The number of nitrogens with zero attached hydrogens (tertiary/aromatic N) is 1. The van der Waals surface area contributed by atoms with Crippen LogP contribution in [0.5, 0.6) is 11.5 Å². The largest absolute Gasteiger partial charge is 0.427 e. The Morgan fingerprint density at radius 1 is 0.694 bits per heavy atom. The van der Waals surface area contributed by atoms with Crippen LogP contribution in [0.1, 0.15) is 68.6 Å². The summed E-state index contributed by atoms with van der Waals surface area (Å²) < 4.78 is 10.8. The molecule has 0 radical (unpaired) electrons. The number of nitro groups is 1. The Morgan fingerprint density at radius 3 is 1.78 bits per heavy atom. The molecule has 0 amide bonds. The molecule has 0 spiro atoms. The van der Waals surface area contributed by atoms with Gasteiger partial charge in [-0.25, -0.2) is 4.79 Å². The van der Waals surface area contributed by atoms with Gasteiger partial charge < -0.3 is 9.47 Å². The van der Waals surface area contributed by atoms with E-state index in [1.54, 1.807) is 60.7 Å². The molecule has 0 saturated heterocycles. The lowest BCUT2D eigenvalue weighted by Crippen LogP contribution is -2.10. The van der Waals surface area contributed by atoms with Crippen LogP contribution >= 0.6 is 0 Å². The Labute approximate surface area is 211 Å². The number of non-ortho nitro benzene ring substituents is 1. The van der Waals surface area contributed by atoms with E-state index in [2.05, 4.69) is 6.92 Å². The highest BCUT2D eigenvalue weighted by Crippen LogP contribution is 2.25. The number of carbonyl (C=O) groups excluding carboxylic acids is 2. The first-order valence-electron chi connectivity index (χ1n) is 12.3. The van der Waals surface area contributed by atoms with Crippen LogP contribution in [0.2, 0.25) is 0 Å². The summed E-state index contributed by atoms with van der Waals surface area (Å²) in [7, 11) is 0. The molecule has 0 saturated carbocycles. The number of rotatable bonds is 13. The summed E-state index contributed by atoms with van der Waals surface area (Å²) in [5.41, 5.74) is 2.02. The summed E-state index contributed by atoms with van der Waals surface area (Å²) in [6, 6.07) is 19.4. The molecule has 36 heavy (non-hydrogen) atoms. The molecule has 0 N–H and O–H groups in total. The summed E-state index contributed by atoms with van der Waals surface area (Å²) in [6.07, 6.45) is 8.33. The van der Waals surface area contributed by atoms with Gasteiger partial charge in [-0.15, -0.1) is 0 Å². The lowest BCUT2D eigenvalue weighted by molar-refractivity contribution is -0.384. The number of esters is 2. The lowest BCUT2D eigenvalue weighted by Gasteiger charge is -2.08. The van der Waals surface area contributed by atoms with Gasteiger partial charge >= 0.3 is 11.9 Å². The van der Waals surface area contributed by atoms with Gasteiger partial charge in [-0.05, 0) is 66.1 Å². The molecular weight excluding hydrogens is 458 g/mol. The van der Waals surface area contributed by atoms with E-state index in [1.807, 2.05) is 0 Å². The van der Waals surface area contributed by atoms with Crippen LogP contribution < -0.4 is 9.47 Å². The van der Waals surface area contributed by atoms with E-state index in [0.717, 1.165) is 30.4 Å². The normalized spacial score (nSPS) is 10.6. The Hall–Kier alpha value is -4.00. The second-order valence-corrected chi connectivity index (χ2v) is 8.59. The molecule has 0 unspecified atom stereocenters. The number of unbranched alkanes of at least 4 members (excludes halogenated alkanes) is 6. The standard InChI is InChI=1S/C29H31NO6/c1-2-3-4-5-6-7-8-9-28(31)35-26-20-14-24(15-21-26)29(32)36-27-18-12-23(13-19-27)22-10-16-25(17-11-22)30(33)34/h10-21H,2-9H2,1H3. The maximum absolute atomic E-state index is 12.5. The molecule has 7 heteroatoms. The Bertz CT molecular complexity index is 1140. The van der Waals surface area contributed by atoms with Gasteiger partial charge in [0.1, 0.15) is 11.5 Å². The molecule has 0 aliphatic heterocycles. The Kier molecular flexibility index (Phi) is 10.2. The predicted molar refractivity (Wildman–Crippen MR) is 138 cm³/mol. The minimum absolute atomic E-state index is 0.0262. The van der Waals surface area contributed by atoms with Crippen LogP contribution in [-0.4, -0.2) is 16.9 Å². The smallest absolute Gasteiger partial charge is 0.343 e. The van der Waals surface area contributed by atoms with Crippen LogP contribution in [0, 0.1) is 10.1 Å². The maximum Gasteiger partial charge on any atom is 0.343 e. The fourth-order valence-electron chi connectivity index (χ4n) is 3.72. The first-order chi connectivity index (χ1) is 17.5. The zero-order valence-corrected chi connectivity index (χ0v) is 20.5. The van der Waals surface area contributed by atoms with Crippen molar-refractivity contribution in [3.63, 3.8) is 0 Å². The topological polar surface area (TPSA) is 95.7 Å². The van der Waals surface area contributed by atoms with Gasteiger partial charge in [-0.3, -0.25) is 14.9 Å². The highest BCUT2D eigenvalue weighted by atomic mass is 16.6. The van der Waals surface area contributed by atoms with E-state index in [1.165, 1.54) is 37.8 Å². The summed E-state index contributed by atoms with van der Waals surface area (Å²) in [6.45, 7) is 2.19. The first kappa shape index (κ1) is 26.6. The van der Waals surface area contributed by atoms with Gasteiger partial charge in [0.25, 0.3) is 5.69 Å². The van der Waals surface area contributed by atoms with E-state index in [-0.39, 0.29) is 11.7 Å². The second-order valence-electron chi connectivity index (χ2n) is 8.59. The minimum Gasteiger partial charge on any atom is -0.427 e. The molecule has 3 aromatic rings. The zero-order valence-electron chi connectivity index (χ0n) is 20.5. The SMILES string of the molecule is CCCCCCCCCC(=O)Oc1ccc(C(=O)Oc2ccc(-c3ccc([N+](=O)[O-])cc3)cc2)cc1. The molecule has 0 atom stereocenters. The van der Waals surface area contributed by atoms with Gasteiger partial charge in [0.15, 0.2) is 0 Å². The average Bonchev–Trinajstić information content (AvgIpc) is 2.89. The van der Waals surface area contributed by atoms with Crippen molar-refractivity contribution in [1.82, 2.24) is 0 Å². The van der Waals surface area contributed by atoms with Crippen molar-refractivity contribution >= 4 is 17.6 Å². The second kappa shape index (κ2) is 13.8. The van der Waals surface area contributed by atoms with Crippen LogP contribution in [0.25, 0.3) is 11.1 Å². The number of carbonyl (C=O) groups is 2. The number of nitro benzene ring substituents is 1. The van der Waals surface area contributed by atoms with Gasteiger partial charge in [-0.1, -0.05) is 57.6 Å². The van der Waals surface area contributed by atoms with Crippen LogP contribution in [-0.2, 0) is 4.79 Å². The Balaban J connectivity index is 1.45. The fourth-order valence-corrected chi connectivity index (χ4v) is 3.72. The average molecular weight is 490 g/mol. The fraction of sp³-hybridized carbons (Fsp3) is 0.310. The first-order valence-corrected chi connectivity index (χ1v) is 12.3. The van der Waals surface area contributed by atoms with Crippen LogP contribution in [0.4, 0.5) is 5.69 Å². The molecule has 0 aromatic heterocycles. The number of benzene rings is 3. The monoisotopic (exact) mass is 489 g/mol. The molecular formula is C29H31NO6. The third-order valence-electron chi connectivity index (χ3n) is 5.78. The summed E-state index contributed by atoms with van der Waals surface area (Å²) in [5.74, 6) is -0.0335. The molecule has 0 aliphatic rings. The van der Waals surface area contributed by atoms with Gasteiger partial charge in [0.05, 0.1) is 10.5 Å². The van der Waals surface area contributed by atoms with Crippen molar-refractivity contribution in [2.24, 2.45) is 0 Å². The number of hydrogen-bond acceptors (Lipinski definition) is 6.